The molecule has 0 aliphatic heterocycles. The van der Waals surface area contributed by atoms with Gasteiger partial charge in [0.1, 0.15) is 11.6 Å². The number of unbranched alkanes of at least 4 members (excludes halogenated alkanes) is 1. The molecule has 0 atom stereocenters. The van der Waals surface area contributed by atoms with Gasteiger partial charge in [-0.05, 0) is 24.5 Å². The fraction of sp³-hybridized carbons (Fsp3) is 0.421. The van der Waals surface area contributed by atoms with Crippen LogP contribution in [0.2, 0.25) is 0 Å². The van der Waals surface area contributed by atoms with Crippen molar-refractivity contribution < 1.29 is 9.18 Å². The zero-order valence-corrected chi connectivity index (χ0v) is 15.8. The summed E-state index contributed by atoms with van der Waals surface area (Å²) in [5.74, 6) is -1.48. The van der Waals surface area contributed by atoms with Crippen LogP contribution in [0.3, 0.4) is 0 Å². The normalized spacial score (nSPS) is 11.0. The number of hydrogen-bond donors (Lipinski definition) is 2. The van der Waals surface area contributed by atoms with Crippen LogP contribution in [0, 0.1) is 11.7 Å². The average molecular weight is 376 g/mol. The molecule has 0 fully saturated rings. The number of nitrogens with one attached hydrogen (secondary N) is 1. The molecule has 146 valence electrons. The molecule has 0 spiro atoms. The smallest absolute Gasteiger partial charge is 0.330 e. The van der Waals surface area contributed by atoms with Gasteiger partial charge in [0.25, 0.3) is 11.5 Å². The highest BCUT2D eigenvalue weighted by atomic mass is 19.1. The molecule has 8 heteroatoms. The minimum Gasteiger partial charge on any atom is -0.383 e. The highest BCUT2D eigenvalue weighted by Crippen LogP contribution is 2.22. The van der Waals surface area contributed by atoms with Crippen LogP contribution < -0.4 is 21.9 Å². The zero-order valence-electron chi connectivity index (χ0n) is 15.8. The molecule has 0 saturated heterocycles. The quantitative estimate of drug-likeness (QED) is 0.774. The van der Waals surface area contributed by atoms with Crippen molar-refractivity contribution >= 4 is 17.4 Å². The van der Waals surface area contributed by atoms with Crippen molar-refractivity contribution in [3.8, 4) is 0 Å². The Morgan fingerprint density at radius 1 is 1.30 bits per heavy atom. The zero-order chi connectivity index (χ0) is 20.1. The molecule has 0 aliphatic rings. The van der Waals surface area contributed by atoms with Crippen LogP contribution in [0.4, 0.5) is 15.9 Å². The van der Waals surface area contributed by atoms with Gasteiger partial charge in [0.15, 0.2) is 5.69 Å². The maximum Gasteiger partial charge on any atom is 0.330 e. The summed E-state index contributed by atoms with van der Waals surface area (Å²) < 4.78 is 15.4. The Morgan fingerprint density at radius 3 is 2.56 bits per heavy atom. The van der Waals surface area contributed by atoms with Crippen molar-refractivity contribution in [1.29, 1.82) is 0 Å². The van der Waals surface area contributed by atoms with E-state index < -0.39 is 23.0 Å². The number of aromatic amines is 1. The third kappa shape index (κ3) is 4.45. The average Bonchev–Trinajstić information content (AvgIpc) is 2.60. The summed E-state index contributed by atoms with van der Waals surface area (Å²) in [5.41, 5.74) is 4.42. The molecule has 27 heavy (non-hydrogen) atoms. The number of benzene rings is 1. The van der Waals surface area contributed by atoms with Crippen molar-refractivity contribution in [2.45, 2.75) is 40.2 Å². The number of nitrogens with zero attached hydrogens (tertiary/aromatic N) is 2. The number of nitrogen functional groups attached to an aromatic ring is 1. The Balaban J connectivity index is 2.64. The highest BCUT2D eigenvalue weighted by molar-refractivity contribution is 6.07. The molecule has 7 nitrogen and oxygen atoms in total. The first-order valence-corrected chi connectivity index (χ1v) is 8.96. The standard InChI is InChI=1S/C19H25FN4O3/c1-4-5-10-23-16(21)15(17(25)22-19(23)27)24(11-12(2)3)18(26)13-8-6-7-9-14(13)20/h6-9,12H,4-5,10-11,21H2,1-3H3,(H,22,25,27). The van der Waals surface area contributed by atoms with E-state index in [0.717, 1.165) is 11.3 Å². The van der Waals surface area contributed by atoms with Crippen LogP contribution in [-0.2, 0) is 6.54 Å². The number of halogens is 1. The van der Waals surface area contributed by atoms with Crippen molar-refractivity contribution in [1.82, 2.24) is 9.55 Å². The maximum absolute atomic E-state index is 14.1. The summed E-state index contributed by atoms with van der Waals surface area (Å²) in [4.78, 5) is 41.0. The lowest BCUT2D eigenvalue weighted by Crippen LogP contribution is -2.43. The van der Waals surface area contributed by atoms with Crippen LogP contribution in [0.25, 0.3) is 0 Å². The van der Waals surface area contributed by atoms with Gasteiger partial charge in [-0.3, -0.25) is 19.1 Å². The topological polar surface area (TPSA) is 101 Å². The summed E-state index contributed by atoms with van der Waals surface area (Å²) in [6.07, 6.45) is 1.51. The molecule has 0 radical (unpaired) electrons. The van der Waals surface area contributed by atoms with Gasteiger partial charge in [0.05, 0.1) is 5.56 Å². The largest absolute Gasteiger partial charge is 0.383 e. The van der Waals surface area contributed by atoms with E-state index in [0.29, 0.717) is 13.0 Å². The summed E-state index contributed by atoms with van der Waals surface area (Å²) in [6, 6.07) is 5.55. The number of carbonyl (C=O) groups excluding carboxylic acids is 1. The first-order valence-electron chi connectivity index (χ1n) is 8.96. The van der Waals surface area contributed by atoms with E-state index in [-0.39, 0.29) is 29.5 Å². The van der Waals surface area contributed by atoms with E-state index in [1.807, 2.05) is 20.8 Å². The van der Waals surface area contributed by atoms with Gasteiger partial charge >= 0.3 is 5.69 Å². The number of hydrogen-bond acceptors (Lipinski definition) is 4. The minimum atomic E-state index is -0.768. The van der Waals surface area contributed by atoms with E-state index in [1.54, 1.807) is 6.07 Å². The summed E-state index contributed by atoms with van der Waals surface area (Å²) >= 11 is 0. The molecule has 0 aliphatic carbocycles. The molecule has 1 amide bonds. The number of aromatic nitrogens is 2. The van der Waals surface area contributed by atoms with Crippen molar-refractivity contribution in [2.75, 3.05) is 17.2 Å². The van der Waals surface area contributed by atoms with Gasteiger partial charge in [0, 0.05) is 13.1 Å². The first-order chi connectivity index (χ1) is 12.8. The molecular formula is C19H25FN4O3. The Kier molecular flexibility index (Phi) is 6.55. The van der Waals surface area contributed by atoms with Crippen LogP contribution in [0.15, 0.2) is 33.9 Å². The van der Waals surface area contributed by atoms with Gasteiger partial charge in [-0.15, -0.1) is 0 Å². The predicted octanol–water partition coefficient (Wildman–Crippen LogP) is 2.36. The van der Waals surface area contributed by atoms with Crippen molar-refractivity contribution in [3.63, 3.8) is 0 Å². The van der Waals surface area contributed by atoms with Crippen molar-refractivity contribution in [3.05, 3.63) is 56.5 Å². The number of rotatable bonds is 7. The molecule has 3 N–H and O–H groups in total. The third-order valence-corrected chi connectivity index (χ3v) is 4.12. The van der Waals surface area contributed by atoms with Crippen LogP contribution in [-0.4, -0.2) is 22.0 Å². The number of nitrogens with two attached hydrogens (primary N) is 1. The van der Waals surface area contributed by atoms with E-state index >= 15 is 0 Å². The molecular weight excluding hydrogens is 351 g/mol. The second kappa shape index (κ2) is 8.66. The predicted molar refractivity (Wildman–Crippen MR) is 104 cm³/mol. The van der Waals surface area contributed by atoms with Crippen LogP contribution >= 0.6 is 0 Å². The lowest BCUT2D eigenvalue weighted by Gasteiger charge is -2.26. The fourth-order valence-corrected chi connectivity index (χ4v) is 2.80. The summed E-state index contributed by atoms with van der Waals surface area (Å²) in [5, 5.41) is 0. The maximum atomic E-state index is 14.1. The molecule has 2 aromatic rings. The van der Waals surface area contributed by atoms with E-state index in [2.05, 4.69) is 4.98 Å². The van der Waals surface area contributed by atoms with Gasteiger partial charge in [-0.1, -0.05) is 39.3 Å². The Labute approximate surface area is 156 Å². The SMILES string of the molecule is CCCCn1c(N)c(N(CC(C)C)C(=O)c2ccccc2F)c(=O)[nH]c1=O. The first kappa shape index (κ1) is 20.4. The number of anilines is 2. The van der Waals surface area contributed by atoms with E-state index in [4.69, 9.17) is 5.73 Å². The number of H-pyrrole nitrogens is 1. The molecule has 1 aromatic heterocycles. The minimum absolute atomic E-state index is 0.0180. The molecule has 1 heterocycles. The third-order valence-electron chi connectivity index (χ3n) is 4.12. The molecule has 0 unspecified atom stereocenters. The molecule has 2 rings (SSSR count). The highest BCUT2D eigenvalue weighted by Gasteiger charge is 2.27. The molecule has 0 saturated carbocycles. The summed E-state index contributed by atoms with van der Waals surface area (Å²) in [6.45, 7) is 6.14. The molecule has 1 aromatic carbocycles. The second-order valence-corrected chi connectivity index (χ2v) is 6.79. The Bertz CT molecular complexity index is 933. The lowest BCUT2D eigenvalue weighted by molar-refractivity contribution is 0.0979. The molecule has 0 bridgehead atoms. The Morgan fingerprint density at radius 2 is 1.96 bits per heavy atom. The monoisotopic (exact) mass is 376 g/mol. The van der Waals surface area contributed by atoms with Crippen molar-refractivity contribution in [2.24, 2.45) is 5.92 Å². The van der Waals surface area contributed by atoms with Gasteiger partial charge in [0.2, 0.25) is 0 Å². The van der Waals surface area contributed by atoms with Gasteiger partial charge in [-0.2, -0.15) is 0 Å². The number of amides is 1. The fourth-order valence-electron chi connectivity index (χ4n) is 2.80. The van der Waals surface area contributed by atoms with E-state index in [1.165, 1.54) is 22.8 Å². The Hall–Kier alpha value is -2.90. The summed E-state index contributed by atoms with van der Waals surface area (Å²) in [7, 11) is 0. The second-order valence-electron chi connectivity index (χ2n) is 6.79. The van der Waals surface area contributed by atoms with Gasteiger partial charge in [-0.25, -0.2) is 9.18 Å². The lowest BCUT2D eigenvalue weighted by atomic mass is 10.1. The van der Waals surface area contributed by atoms with Crippen LogP contribution in [0.5, 0.6) is 0 Å². The van der Waals surface area contributed by atoms with Gasteiger partial charge < -0.3 is 10.6 Å². The number of carbonyl (C=O) groups is 1. The van der Waals surface area contributed by atoms with E-state index in [9.17, 15) is 18.8 Å². The van der Waals surface area contributed by atoms with Crippen LogP contribution in [0.1, 0.15) is 44.0 Å².